The average Bonchev–Trinajstić information content (AvgIpc) is 1.27. The van der Waals surface area contributed by atoms with Crippen LogP contribution in [0.2, 0.25) is 0 Å². The molecule has 0 rings (SSSR count). The van der Waals surface area contributed by atoms with Crippen molar-refractivity contribution in [3.63, 3.8) is 0 Å². The number of nitrogens with one attached hydrogen (secondary N) is 1. The van der Waals surface area contributed by atoms with Crippen LogP contribution >= 0.6 is 0 Å². The first kappa shape index (κ1) is 6.08. The summed E-state index contributed by atoms with van der Waals surface area (Å²) < 4.78 is 0. The second-order valence-electron chi connectivity index (χ2n) is 1.43. The van der Waals surface area contributed by atoms with Crippen LogP contribution in [0.5, 0.6) is 0 Å². The molecule has 0 aromatic carbocycles. The van der Waals surface area contributed by atoms with E-state index >= 15 is 0 Å². The summed E-state index contributed by atoms with van der Waals surface area (Å²) in [6.07, 6.45) is 0. The highest BCUT2D eigenvalue weighted by molar-refractivity contribution is 4.97. The predicted octanol–water partition coefficient (Wildman–Crippen LogP) is 0.540. The second kappa shape index (κ2) is 2.29. The van der Waals surface area contributed by atoms with Crippen LogP contribution in [-0.2, 0) is 0 Å². The van der Waals surface area contributed by atoms with Crippen molar-refractivity contribution in [2.45, 2.75) is 6.92 Å². The van der Waals surface area contributed by atoms with Crippen LogP contribution in [0.1, 0.15) is 6.92 Å². The molecule has 0 spiro atoms. The molecular formula is C5H10N2. The maximum atomic E-state index is 5.13. The quantitative estimate of drug-likeness (QED) is 0.529. The summed E-state index contributed by atoms with van der Waals surface area (Å²) in [5.74, 6) is 0.438. The molecule has 0 aromatic rings. The highest BCUT2D eigenvalue weighted by atomic mass is 15.0. The van der Waals surface area contributed by atoms with Crippen LogP contribution in [-0.4, -0.2) is 0 Å². The Hall–Kier alpha value is -0.920. The van der Waals surface area contributed by atoms with Crippen molar-refractivity contribution in [1.29, 1.82) is 0 Å². The van der Waals surface area contributed by atoms with Gasteiger partial charge in [0.2, 0.25) is 0 Å². The normalized spacial score (nSPS) is 7.57. The first-order valence-corrected chi connectivity index (χ1v) is 2.00. The van der Waals surface area contributed by atoms with Gasteiger partial charge in [-0.1, -0.05) is 13.2 Å². The van der Waals surface area contributed by atoms with Crippen LogP contribution in [0.4, 0.5) is 0 Å². The molecule has 0 aliphatic carbocycles. The molecule has 0 aromatic heterocycles. The molecule has 0 unspecified atom stereocenters. The van der Waals surface area contributed by atoms with Crippen LogP contribution < -0.4 is 11.1 Å². The van der Waals surface area contributed by atoms with Crippen molar-refractivity contribution >= 4 is 0 Å². The van der Waals surface area contributed by atoms with Gasteiger partial charge in [0.25, 0.3) is 0 Å². The Morgan fingerprint density at radius 2 is 2.00 bits per heavy atom. The van der Waals surface area contributed by atoms with Gasteiger partial charge in [0.1, 0.15) is 0 Å². The van der Waals surface area contributed by atoms with Crippen LogP contribution in [0, 0.1) is 0 Å². The molecule has 0 radical (unpaired) electrons. The van der Waals surface area contributed by atoms with Crippen LogP contribution in [0.15, 0.2) is 24.7 Å². The Morgan fingerprint density at radius 1 is 1.57 bits per heavy atom. The number of hydrogen-bond donors (Lipinski definition) is 2. The summed E-state index contributed by atoms with van der Waals surface area (Å²) >= 11 is 0. The first-order valence-electron chi connectivity index (χ1n) is 2.00. The number of allylic oxidation sites excluding steroid dienone is 1. The third-order valence-electron chi connectivity index (χ3n) is 0.374. The summed E-state index contributed by atoms with van der Waals surface area (Å²) in [6, 6.07) is 0. The molecule has 0 saturated carbocycles. The predicted molar refractivity (Wildman–Crippen MR) is 31.3 cm³/mol. The molecule has 3 N–H and O–H groups in total. The van der Waals surface area contributed by atoms with Crippen molar-refractivity contribution in [3.8, 4) is 0 Å². The summed E-state index contributed by atoms with van der Waals surface area (Å²) in [5.41, 5.74) is 5.94. The monoisotopic (exact) mass is 98.1 g/mol. The zero-order valence-corrected chi connectivity index (χ0v) is 4.49. The third-order valence-corrected chi connectivity index (χ3v) is 0.374. The van der Waals surface area contributed by atoms with Gasteiger partial charge < -0.3 is 11.1 Å². The van der Waals surface area contributed by atoms with Crippen LogP contribution in [0.25, 0.3) is 0 Å². The molecule has 0 heterocycles. The molecule has 0 aliphatic rings. The lowest BCUT2D eigenvalue weighted by atomic mass is 10.5. The van der Waals surface area contributed by atoms with E-state index in [0.717, 1.165) is 5.70 Å². The number of hydrogen-bond acceptors (Lipinski definition) is 2. The van der Waals surface area contributed by atoms with E-state index in [1.165, 1.54) is 0 Å². The second-order valence-corrected chi connectivity index (χ2v) is 1.43. The van der Waals surface area contributed by atoms with Gasteiger partial charge in [0, 0.05) is 5.70 Å². The molecule has 0 amide bonds. The third kappa shape index (κ3) is 5.08. The van der Waals surface area contributed by atoms with E-state index in [1.807, 2.05) is 6.92 Å². The highest BCUT2D eigenvalue weighted by Crippen LogP contribution is 1.78. The standard InChI is InChI=1S/C5H10N2/c1-4(2)7-5(3)6/h7H,1,3,6H2,2H3. The molecule has 7 heavy (non-hydrogen) atoms. The summed E-state index contributed by atoms with van der Waals surface area (Å²) in [6.45, 7) is 8.76. The largest absolute Gasteiger partial charge is 0.386 e. The minimum absolute atomic E-state index is 0.438. The van der Waals surface area contributed by atoms with Gasteiger partial charge in [-0.05, 0) is 6.92 Å². The topological polar surface area (TPSA) is 38.0 Å². The van der Waals surface area contributed by atoms with Gasteiger partial charge in [-0.2, -0.15) is 0 Å². The SMILES string of the molecule is C=C(C)NC(=C)N. The van der Waals surface area contributed by atoms with Gasteiger partial charge in [0.05, 0.1) is 5.82 Å². The van der Waals surface area contributed by atoms with E-state index in [9.17, 15) is 0 Å². The molecule has 0 aliphatic heterocycles. The lowest BCUT2D eigenvalue weighted by molar-refractivity contribution is 0.961. The lowest BCUT2D eigenvalue weighted by Crippen LogP contribution is -2.15. The maximum absolute atomic E-state index is 5.13. The number of rotatable bonds is 2. The Morgan fingerprint density at radius 3 is 2.00 bits per heavy atom. The van der Waals surface area contributed by atoms with Gasteiger partial charge in [-0.15, -0.1) is 0 Å². The Labute approximate surface area is 43.7 Å². The summed E-state index contributed by atoms with van der Waals surface area (Å²) in [5, 5.41) is 2.69. The van der Waals surface area contributed by atoms with E-state index in [0.29, 0.717) is 5.82 Å². The van der Waals surface area contributed by atoms with Gasteiger partial charge in [-0.3, -0.25) is 0 Å². The molecule has 0 atom stereocenters. The van der Waals surface area contributed by atoms with Gasteiger partial charge in [-0.25, -0.2) is 0 Å². The summed E-state index contributed by atoms with van der Waals surface area (Å²) in [7, 11) is 0. The van der Waals surface area contributed by atoms with Crippen LogP contribution in [0.3, 0.4) is 0 Å². The Bertz CT molecular complexity index is 82.3. The van der Waals surface area contributed by atoms with Crippen molar-refractivity contribution in [3.05, 3.63) is 24.7 Å². The molecule has 2 nitrogen and oxygen atoms in total. The molecule has 0 saturated heterocycles. The van der Waals surface area contributed by atoms with E-state index < -0.39 is 0 Å². The van der Waals surface area contributed by atoms with Crippen molar-refractivity contribution in [1.82, 2.24) is 5.32 Å². The van der Waals surface area contributed by atoms with Crippen molar-refractivity contribution < 1.29 is 0 Å². The minimum atomic E-state index is 0.438. The maximum Gasteiger partial charge on any atom is 0.0927 e. The zero-order chi connectivity index (χ0) is 5.86. The van der Waals surface area contributed by atoms with E-state index in [1.54, 1.807) is 0 Å². The Kier molecular flexibility index (Phi) is 1.99. The fraction of sp³-hybridized carbons (Fsp3) is 0.200. The zero-order valence-electron chi connectivity index (χ0n) is 4.49. The fourth-order valence-corrected chi connectivity index (χ4v) is 0.274. The summed E-state index contributed by atoms with van der Waals surface area (Å²) in [4.78, 5) is 0. The highest BCUT2D eigenvalue weighted by Gasteiger charge is 1.78. The molecule has 2 heteroatoms. The fourth-order valence-electron chi connectivity index (χ4n) is 0.274. The molecular weight excluding hydrogens is 88.1 g/mol. The van der Waals surface area contributed by atoms with E-state index in [4.69, 9.17) is 5.73 Å². The van der Waals surface area contributed by atoms with Crippen molar-refractivity contribution in [2.75, 3.05) is 0 Å². The van der Waals surface area contributed by atoms with E-state index in [2.05, 4.69) is 18.5 Å². The van der Waals surface area contributed by atoms with Crippen molar-refractivity contribution in [2.24, 2.45) is 5.73 Å². The van der Waals surface area contributed by atoms with E-state index in [-0.39, 0.29) is 0 Å². The van der Waals surface area contributed by atoms with Gasteiger partial charge >= 0.3 is 0 Å². The first-order chi connectivity index (χ1) is 3.13. The Balaban J connectivity index is 3.32. The smallest absolute Gasteiger partial charge is 0.0927 e. The number of nitrogens with two attached hydrogens (primary N) is 1. The average molecular weight is 98.1 g/mol. The molecule has 40 valence electrons. The molecule has 0 bridgehead atoms. The lowest BCUT2D eigenvalue weighted by Gasteiger charge is -1.99. The minimum Gasteiger partial charge on any atom is -0.386 e. The van der Waals surface area contributed by atoms with Gasteiger partial charge in [0.15, 0.2) is 0 Å². The molecule has 0 fully saturated rings.